The lowest BCUT2D eigenvalue weighted by atomic mass is 10.0. The summed E-state index contributed by atoms with van der Waals surface area (Å²) in [4.78, 5) is 12.1. The standard InChI is InChI=1S/C26H24N6/c1-18-2-9-22(10-3-18)29-26-30-24-16-21(20-6-4-19(17-27)5-7-20)8-11-23(24)25(31-26)32-14-12-28-13-15-32/h2-11,16,28H,12-15H2,1H3,(H,29,30,31). The van der Waals surface area contributed by atoms with Gasteiger partial charge in [-0.15, -0.1) is 0 Å². The number of rotatable bonds is 4. The van der Waals surface area contributed by atoms with E-state index in [0.29, 0.717) is 11.5 Å². The summed E-state index contributed by atoms with van der Waals surface area (Å²) in [5, 5.41) is 16.9. The van der Waals surface area contributed by atoms with E-state index in [1.165, 1.54) is 5.56 Å². The van der Waals surface area contributed by atoms with Crippen molar-refractivity contribution in [1.29, 1.82) is 5.26 Å². The minimum atomic E-state index is 0.590. The van der Waals surface area contributed by atoms with Crippen LogP contribution in [0.15, 0.2) is 66.7 Å². The van der Waals surface area contributed by atoms with Crippen LogP contribution in [0.2, 0.25) is 0 Å². The van der Waals surface area contributed by atoms with Gasteiger partial charge >= 0.3 is 0 Å². The first-order chi connectivity index (χ1) is 15.7. The Morgan fingerprint density at radius 1 is 0.906 bits per heavy atom. The van der Waals surface area contributed by atoms with Gasteiger partial charge in [0.15, 0.2) is 0 Å². The molecular weight excluding hydrogens is 396 g/mol. The molecule has 3 aromatic carbocycles. The molecule has 1 aromatic heterocycles. The first-order valence-electron chi connectivity index (χ1n) is 10.8. The summed E-state index contributed by atoms with van der Waals surface area (Å²) in [6.45, 7) is 5.77. The largest absolute Gasteiger partial charge is 0.353 e. The van der Waals surface area contributed by atoms with E-state index >= 15 is 0 Å². The van der Waals surface area contributed by atoms with E-state index in [1.807, 2.05) is 36.4 Å². The maximum Gasteiger partial charge on any atom is 0.229 e. The topological polar surface area (TPSA) is 76.9 Å². The first-order valence-corrected chi connectivity index (χ1v) is 10.8. The predicted molar refractivity (Wildman–Crippen MR) is 129 cm³/mol. The molecule has 32 heavy (non-hydrogen) atoms. The van der Waals surface area contributed by atoms with Crippen molar-refractivity contribution < 1.29 is 0 Å². The van der Waals surface area contributed by atoms with E-state index in [1.54, 1.807) is 0 Å². The molecule has 0 unspecified atom stereocenters. The smallest absolute Gasteiger partial charge is 0.229 e. The third kappa shape index (κ3) is 4.11. The molecule has 0 atom stereocenters. The number of hydrogen-bond donors (Lipinski definition) is 2. The highest BCUT2D eigenvalue weighted by atomic mass is 15.3. The number of aryl methyl sites for hydroxylation is 1. The Balaban J connectivity index is 1.59. The van der Waals surface area contributed by atoms with Gasteiger partial charge in [-0.2, -0.15) is 10.2 Å². The minimum absolute atomic E-state index is 0.590. The molecule has 4 aromatic rings. The van der Waals surface area contributed by atoms with Crippen LogP contribution in [0.5, 0.6) is 0 Å². The van der Waals surface area contributed by atoms with Crippen LogP contribution < -0.4 is 15.5 Å². The summed E-state index contributed by atoms with van der Waals surface area (Å²) >= 11 is 0. The first kappa shape index (κ1) is 20.0. The van der Waals surface area contributed by atoms with Gasteiger partial charge in [0.2, 0.25) is 5.95 Å². The molecule has 1 aliphatic rings. The molecule has 1 fully saturated rings. The average Bonchev–Trinajstić information content (AvgIpc) is 2.85. The van der Waals surface area contributed by atoms with Crippen LogP contribution in [-0.4, -0.2) is 36.1 Å². The zero-order chi connectivity index (χ0) is 21.9. The van der Waals surface area contributed by atoms with Gasteiger partial charge < -0.3 is 15.5 Å². The van der Waals surface area contributed by atoms with E-state index in [2.05, 4.69) is 58.9 Å². The average molecular weight is 421 g/mol. The molecule has 2 N–H and O–H groups in total. The Hall–Kier alpha value is -3.95. The van der Waals surface area contributed by atoms with Gasteiger partial charge in [-0.3, -0.25) is 0 Å². The Morgan fingerprint density at radius 3 is 2.34 bits per heavy atom. The highest BCUT2D eigenvalue weighted by molar-refractivity contribution is 5.93. The summed E-state index contributed by atoms with van der Waals surface area (Å²) in [6.07, 6.45) is 0. The van der Waals surface area contributed by atoms with Crippen LogP contribution in [0.1, 0.15) is 11.1 Å². The van der Waals surface area contributed by atoms with Crippen LogP contribution in [0.3, 0.4) is 0 Å². The number of hydrogen-bond acceptors (Lipinski definition) is 6. The van der Waals surface area contributed by atoms with Crippen LogP contribution in [0.25, 0.3) is 22.0 Å². The second-order valence-corrected chi connectivity index (χ2v) is 8.02. The van der Waals surface area contributed by atoms with Crippen LogP contribution in [0, 0.1) is 18.3 Å². The van der Waals surface area contributed by atoms with Crippen LogP contribution in [0.4, 0.5) is 17.5 Å². The van der Waals surface area contributed by atoms with Crippen molar-refractivity contribution in [2.24, 2.45) is 0 Å². The van der Waals surface area contributed by atoms with Gasteiger partial charge in [-0.05, 0) is 54.4 Å². The fraction of sp³-hybridized carbons (Fsp3) is 0.192. The number of aromatic nitrogens is 2. The molecule has 0 aliphatic carbocycles. The van der Waals surface area contributed by atoms with Gasteiger partial charge in [0, 0.05) is 37.3 Å². The highest BCUT2D eigenvalue weighted by Crippen LogP contribution is 2.31. The van der Waals surface area contributed by atoms with Crippen LogP contribution in [-0.2, 0) is 0 Å². The molecule has 1 saturated heterocycles. The van der Waals surface area contributed by atoms with Crippen LogP contribution >= 0.6 is 0 Å². The number of nitrogens with one attached hydrogen (secondary N) is 2. The Bertz CT molecular complexity index is 1280. The fourth-order valence-corrected chi connectivity index (χ4v) is 3.97. The number of anilines is 3. The van der Waals surface area contributed by atoms with Gasteiger partial charge in [-0.25, -0.2) is 4.98 Å². The van der Waals surface area contributed by atoms with Gasteiger partial charge in [-0.1, -0.05) is 35.9 Å². The quantitative estimate of drug-likeness (QED) is 0.501. The van der Waals surface area contributed by atoms with Crippen molar-refractivity contribution in [1.82, 2.24) is 15.3 Å². The van der Waals surface area contributed by atoms with Crippen molar-refractivity contribution in [3.05, 3.63) is 77.9 Å². The molecule has 0 saturated carbocycles. The monoisotopic (exact) mass is 420 g/mol. The summed E-state index contributed by atoms with van der Waals surface area (Å²) in [5.74, 6) is 1.55. The molecular formula is C26H24N6. The number of benzene rings is 3. The SMILES string of the molecule is Cc1ccc(Nc2nc(N3CCNCC3)c3ccc(-c4ccc(C#N)cc4)cc3n2)cc1. The lowest BCUT2D eigenvalue weighted by Gasteiger charge is -2.29. The van der Waals surface area contributed by atoms with E-state index in [-0.39, 0.29) is 0 Å². The van der Waals surface area contributed by atoms with Crippen molar-refractivity contribution in [2.75, 3.05) is 36.4 Å². The van der Waals surface area contributed by atoms with E-state index in [9.17, 15) is 0 Å². The van der Waals surface area contributed by atoms with Crippen molar-refractivity contribution in [3.8, 4) is 17.2 Å². The summed E-state index contributed by atoms with van der Waals surface area (Å²) < 4.78 is 0. The third-order valence-electron chi connectivity index (χ3n) is 5.75. The molecule has 0 radical (unpaired) electrons. The van der Waals surface area contributed by atoms with Crippen molar-refractivity contribution in [2.45, 2.75) is 6.92 Å². The summed E-state index contributed by atoms with van der Waals surface area (Å²) in [6, 6.07) is 24.4. The van der Waals surface area contributed by atoms with Crippen molar-refractivity contribution >= 4 is 28.4 Å². The minimum Gasteiger partial charge on any atom is -0.353 e. The molecule has 158 valence electrons. The molecule has 1 aliphatic heterocycles. The molecule has 6 nitrogen and oxygen atoms in total. The summed E-state index contributed by atoms with van der Waals surface area (Å²) in [5.41, 5.74) is 5.84. The number of nitrogens with zero attached hydrogens (tertiary/aromatic N) is 4. The Kier molecular flexibility index (Phi) is 5.40. The fourth-order valence-electron chi connectivity index (χ4n) is 3.97. The van der Waals surface area contributed by atoms with E-state index in [0.717, 1.165) is 59.7 Å². The lowest BCUT2D eigenvalue weighted by Crippen LogP contribution is -2.44. The van der Waals surface area contributed by atoms with Gasteiger partial charge in [0.1, 0.15) is 5.82 Å². The zero-order valence-electron chi connectivity index (χ0n) is 18.0. The molecule has 5 rings (SSSR count). The predicted octanol–water partition coefficient (Wildman–Crippen LogP) is 4.63. The normalized spacial score (nSPS) is 13.7. The molecule has 6 heteroatoms. The zero-order valence-corrected chi connectivity index (χ0v) is 18.0. The summed E-state index contributed by atoms with van der Waals surface area (Å²) in [7, 11) is 0. The molecule has 2 heterocycles. The van der Waals surface area contributed by atoms with E-state index < -0.39 is 0 Å². The van der Waals surface area contributed by atoms with Crippen molar-refractivity contribution in [3.63, 3.8) is 0 Å². The lowest BCUT2D eigenvalue weighted by molar-refractivity contribution is 0.586. The highest BCUT2D eigenvalue weighted by Gasteiger charge is 2.17. The molecule has 0 amide bonds. The molecule has 0 spiro atoms. The van der Waals surface area contributed by atoms with E-state index in [4.69, 9.17) is 15.2 Å². The second kappa shape index (κ2) is 8.66. The maximum absolute atomic E-state index is 9.08. The number of piperazine rings is 1. The molecule has 0 bridgehead atoms. The van der Waals surface area contributed by atoms with Gasteiger partial charge in [0.05, 0.1) is 17.1 Å². The van der Waals surface area contributed by atoms with Gasteiger partial charge in [0.25, 0.3) is 0 Å². The Labute approximate surface area is 187 Å². The number of fused-ring (bicyclic) bond motifs is 1. The maximum atomic E-state index is 9.08. The second-order valence-electron chi connectivity index (χ2n) is 8.02. The number of nitriles is 1. The Morgan fingerprint density at radius 2 is 1.62 bits per heavy atom. The third-order valence-corrected chi connectivity index (χ3v) is 5.75.